The van der Waals surface area contributed by atoms with Crippen LogP contribution in [0.4, 0.5) is 4.39 Å². The summed E-state index contributed by atoms with van der Waals surface area (Å²) >= 11 is 0. The van der Waals surface area contributed by atoms with Crippen LogP contribution in [-0.2, 0) is 4.79 Å². The van der Waals surface area contributed by atoms with Crippen molar-refractivity contribution in [2.75, 3.05) is 0 Å². The lowest BCUT2D eigenvalue weighted by Crippen LogP contribution is -2.44. The van der Waals surface area contributed by atoms with E-state index in [1.54, 1.807) is 0 Å². The lowest BCUT2D eigenvalue weighted by Gasteiger charge is -2.12. The Labute approximate surface area is 98.0 Å². The maximum Gasteiger partial charge on any atom is 0.251 e. The molecule has 88 valence electrons. The van der Waals surface area contributed by atoms with Crippen LogP contribution in [0.1, 0.15) is 16.8 Å². The second-order valence-corrected chi connectivity index (χ2v) is 3.34. The largest absolute Gasteiger partial charge is 0.368 e. The van der Waals surface area contributed by atoms with Gasteiger partial charge in [-0.05, 0) is 24.3 Å². The molecule has 0 aromatic heterocycles. The van der Waals surface area contributed by atoms with Gasteiger partial charge in [0.1, 0.15) is 11.9 Å². The normalized spacial score (nSPS) is 11.3. The first-order chi connectivity index (χ1) is 8.04. The van der Waals surface area contributed by atoms with Gasteiger partial charge >= 0.3 is 0 Å². The first-order valence-corrected chi connectivity index (χ1v) is 4.84. The summed E-state index contributed by atoms with van der Waals surface area (Å²) in [5.74, 6) is 0.558. The number of halogens is 1. The van der Waals surface area contributed by atoms with Crippen LogP contribution in [0.5, 0.6) is 0 Å². The summed E-state index contributed by atoms with van der Waals surface area (Å²) in [4.78, 5) is 22.6. The third kappa shape index (κ3) is 3.61. The van der Waals surface area contributed by atoms with Crippen molar-refractivity contribution in [2.45, 2.75) is 12.5 Å². The first kappa shape index (κ1) is 12.7. The van der Waals surface area contributed by atoms with Gasteiger partial charge in [0.25, 0.3) is 5.91 Å². The van der Waals surface area contributed by atoms with Gasteiger partial charge in [0.15, 0.2) is 0 Å². The Morgan fingerprint density at radius 1 is 1.41 bits per heavy atom. The zero-order chi connectivity index (χ0) is 12.8. The molecule has 0 unspecified atom stereocenters. The number of hydrogen-bond acceptors (Lipinski definition) is 2. The highest BCUT2D eigenvalue weighted by atomic mass is 19.1. The van der Waals surface area contributed by atoms with E-state index in [4.69, 9.17) is 12.2 Å². The molecule has 3 N–H and O–H groups in total. The minimum atomic E-state index is -0.919. The summed E-state index contributed by atoms with van der Waals surface area (Å²) < 4.78 is 12.6. The molecular weight excluding hydrogens is 223 g/mol. The molecule has 2 amide bonds. The van der Waals surface area contributed by atoms with Crippen molar-refractivity contribution in [2.24, 2.45) is 5.73 Å². The van der Waals surface area contributed by atoms with Gasteiger partial charge in [-0.1, -0.05) is 0 Å². The van der Waals surface area contributed by atoms with E-state index >= 15 is 0 Å². The van der Waals surface area contributed by atoms with Crippen molar-refractivity contribution in [1.29, 1.82) is 0 Å². The van der Waals surface area contributed by atoms with Crippen LogP contribution < -0.4 is 11.1 Å². The molecule has 1 atom stereocenters. The van der Waals surface area contributed by atoms with Crippen LogP contribution in [-0.4, -0.2) is 17.9 Å². The molecule has 0 saturated heterocycles. The smallest absolute Gasteiger partial charge is 0.251 e. The third-order valence-corrected chi connectivity index (χ3v) is 2.08. The second-order valence-electron chi connectivity index (χ2n) is 3.34. The molecule has 5 heteroatoms. The van der Waals surface area contributed by atoms with Crippen molar-refractivity contribution in [1.82, 2.24) is 5.32 Å². The molecule has 1 aromatic rings. The van der Waals surface area contributed by atoms with Gasteiger partial charge in [0.05, 0.1) is 0 Å². The summed E-state index contributed by atoms with van der Waals surface area (Å²) in [6, 6.07) is 3.99. The number of amides is 2. The van der Waals surface area contributed by atoms with E-state index in [-0.39, 0.29) is 12.0 Å². The SMILES string of the molecule is C#CC[C@@H](NC(=O)c1ccc(F)cc1)C(N)=O. The van der Waals surface area contributed by atoms with E-state index < -0.39 is 23.7 Å². The second kappa shape index (κ2) is 5.66. The molecule has 0 saturated carbocycles. The standard InChI is InChI=1S/C12H11FN2O2/c1-2-3-10(11(14)16)15-12(17)8-4-6-9(13)7-5-8/h1,4-7,10H,3H2,(H2,14,16)(H,15,17)/t10-/m1/s1. The van der Waals surface area contributed by atoms with Crippen molar-refractivity contribution < 1.29 is 14.0 Å². The summed E-state index contributed by atoms with van der Waals surface area (Å²) in [5, 5.41) is 2.37. The fourth-order valence-electron chi connectivity index (χ4n) is 1.18. The third-order valence-electron chi connectivity index (χ3n) is 2.08. The lowest BCUT2D eigenvalue weighted by molar-refractivity contribution is -0.119. The van der Waals surface area contributed by atoms with Crippen molar-refractivity contribution in [3.63, 3.8) is 0 Å². The minimum Gasteiger partial charge on any atom is -0.368 e. The summed E-state index contributed by atoms with van der Waals surface area (Å²) in [7, 11) is 0. The van der Waals surface area contributed by atoms with Gasteiger partial charge < -0.3 is 11.1 Å². The summed E-state index contributed by atoms with van der Waals surface area (Å²) in [5.41, 5.74) is 5.30. The van der Waals surface area contributed by atoms with Gasteiger partial charge in [0, 0.05) is 12.0 Å². The van der Waals surface area contributed by atoms with E-state index in [0.717, 1.165) is 12.1 Å². The highest BCUT2D eigenvalue weighted by Crippen LogP contribution is 2.03. The van der Waals surface area contributed by atoms with Crippen LogP contribution in [0.25, 0.3) is 0 Å². The number of rotatable bonds is 4. The van der Waals surface area contributed by atoms with Crippen LogP contribution in [0.15, 0.2) is 24.3 Å². The zero-order valence-electron chi connectivity index (χ0n) is 8.94. The molecular formula is C12H11FN2O2. The number of nitrogens with one attached hydrogen (secondary N) is 1. The summed E-state index contributed by atoms with van der Waals surface area (Å²) in [6.45, 7) is 0. The highest BCUT2D eigenvalue weighted by molar-refractivity contribution is 5.97. The quantitative estimate of drug-likeness (QED) is 0.742. The summed E-state index contributed by atoms with van der Waals surface area (Å²) in [6.07, 6.45) is 5.06. The average Bonchev–Trinajstić information content (AvgIpc) is 2.29. The van der Waals surface area contributed by atoms with Crippen LogP contribution in [0, 0.1) is 18.2 Å². The van der Waals surface area contributed by atoms with E-state index in [1.165, 1.54) is 12.1 Å². The lowest BCUT2D eigenvalue weighted by atomic mass is 10.1. The molecule has 0 aliphatic rings. The van der Waals surface area contributed by atoms with E-state index in [2.05, 4.69) is 11.2 Å². The maximum atomic E-state index is 12.6. The van der Waals surface area contributed by atoms with E-state index in [0.29, 0.717) is 0 Å². The number of terminal acetylenes is 1. The van der Waals surface area contributed by atoms with Crippen molar-refractivity contribution in [3.8, 4) is 12.3 Å². The Balaban J connectivity index is 2.74. The molecule has 1 aromatic carbocycles. The predicted octanol–water partition coefficient (Wildman–Crippen LogP) is 0.433. The number of hydrogen-bond donors (Lipinski definition) is 2. The number of benzene rings is 1. The van der Waals surface area contributed by atoms with E-state index in [1.807, 2.05) is 0 Å². The van der Waals surface area contributed by atoms with Gasteiger partial charge in [-0.2, -0.15) is 0 Å². The number of primary amides is 1. The molecule has 0 aliphatic heterocycles. The molecule has 0 aliphatic carbocycles. The molecule has 4 nitrogen and oxygen atoms in total. The Hall–Kier alpha value is -2.35. The van der Waals surface area contributed by atoms with E-state index in [9.17, 15) is 14.0 Å². The van der Waals surface area contributed by atoms with Gasteiger partial charge in [-0.15, -0.1) is 12.3 Å². The minimum absolute atomic E-state index is 0.0161. The Morgan fingerprint density at radius 2 is 2.00 bits per heavy atom. The fourth-order valence-corrected chi connectivity index (χ4v) is 1.18. The topological polar surface area (TPSA) is 72.2 Å². The molecule has 0 spiro atoms. The van der Waals surface area contributed by atoms with Crippen LogP contribution >= 0.6 is 0 Å². The molecule has 1 rings (SSSR count). The monoisotopic (exact) mass is 234 g/mol. The fraction of sp³-hybridized carbons (Fsp3) is 0.167. The number of carbonyl (C=O) groups is 2. The Kier molecular flexibility index (Phi) is 4.23. The van der Waals surface area contributed by atoms with Gasteiger partial charge in [-0.25, -0.2) is 4.39 Å². The molecule has 0 bridgehead atoms. The van der Waals surface area contributed by atoms with Gasteiger partial charge in [-0.3, -0.25) is 9.59 Å². The molecule has 0 radical (unpaired) electrons. The van der Waals surface area contributed by atoms with Crippen LogP contribution in [0.2, 0.25) is 0 Å². The molecule has 0 heterocycles. The maximum absolute atomic E-state index is 12.6. The highest BCUT2D eigenvalue weighted by Gasteiger charge is 2.17. The Morgan fingerprint density at radius 3 is 2.47 bits per heavy atom. The Bertz CT molecular complexity index is 462. The van der Waals surface area contributed by atoms with Gasteiger partial charge in [0.2, 0.25) is 5.91 Å². The first-order valence-electron chi connectivity index (χ1n) is 4.84. The van der Waals surface area contributed by atoms with Crippen LogP contribution in [0.3, 0.4) is 0 Å². The van der Waals surface area contributed by atoms with Crippen molar-refractivity contribution in [3.05, 3.63) is 35.6 Å². The van der Waals surface area contributed by atoms with Crippen molar-refractivity contribution >= 4 is 11.8 Å². The number of nitrogens with two attached hydrogens (primary N) is 1. The predicted molar refractivity (Wildman–Crippen MR) is 60.3 cm³/mol. The molecule has 0 fully saturated rings. The average molecular weight is 234 g/mol. The molecule has 17 heavy (non-hydrogen) atoms. The number of carbonyl (C=O) groups excluding carboxylic acids is 2. The zero-order valence-corrected chi connectivity index (χ0v) is 8.94.